The van der Waals surface area contributed by atoms with Crippen LogP contribution in [-0.2, 0) is 6.61 Å². The number of aliphatic hydroxyl groups is 1. The first kappa shape index (κ1) is 12.9. The molecule has 104 valence electrons. The quantitative estimate of drug-likeness (QED) is 0.911. The topological polar surface area (TPSA) is 32.7 Å². The van der Waals surface area contributed by atoms with Crippen molar-refractivity contribution in [1.29, 1.82) is 0 Å². The Morgan fingerprint density at radius 2 is 2.00 bits per heavy atom. The van der Waals surface area contributed by atoms with Gasteiger partial charge in [0.15, 0.2) is 0 Å². The van der Waals surface area contributed by atoms with E-state index in [0.717, 1.165) is 30.1 Å². The van der Waals surface area contributed by atoms with Crippen LogP contribution in [-0.4, -0.2) is 18.3 Å². The number of anilines is 2. The Morgan fingerprint density at radius 1 is 1.15 bits per heavy atom. The summed E-state index contributed by atoms with van der Waals surface area (Å²) in [5.41, 5.74) is 2.36. The number of para-hydroxylation sites is 2. The Balaban J connectivity index is 2.10. The van der Waals surface area contributed by atoms with Gasteiger partial charge in [0.25, 0.3) is 0 Å². The molecular formula is C16H16FNO2. The summed E-state index contributed by atoms with van der Waals surface area (Å²) in [6, 6.07) is 12.3. The van der Waals surface area contributed by atoms with Crippen LogP contribution in [0, 0.1) is 5.82 Å². The number of halogens is 1. The number of hydrogen-bond acceptors (Lipinski definition) is 3. The molecule has 0 aromatic heterocycles. The van der Waals surface area contributed by atoms with Gasteiger partial charge in [0, 0.05) is 17.8 Å². The van der Waals surface area contributed by atoms with Crippen molar-refractivity contribution >= 4 is 11.4 Å². The van der Waals surface area contributed by atoms with E-state index >= 15 is 0 Å². The van der Waals surface area contributed by atoms with E-state index in [2.05, 4.69) is 4.90 Å². The van der Waals surface area contributed by atoms with E-state index in [1.807, 2.05) is 24.3 Å². The highest BCUT2D eigenvalue weighted by Gasteiger charge is 2.19. The summed E-state index contributed by atoms with van der Waals surface area (Å²) >= 11 is 0. The molecule has 0 saturated carbocycles. The molecule has 1 aliphatic heterocycles. The average molecular weight is 273 g/mol. The first-order valence-corrected chi connectivity index (χ1v) is 6.68. The predicted octanol–water partition coefficient (Wildman–Crippen LogP) is 3.24. The lowest BCUT2D eigenvalue weighted by Crippen LogP contribution is -2.19. The van der Waals surface area contributed by atoms with Gasteiger partial charge >= 0.3 is 0 Å². The van der Waals surface area contributed by atoms with Gasteiger partial charge in [-0.1, -0.05) is 12.1 Å². The van der Waals surface area contributed by atoms with Gasteiger partial charge in [0.2, 0.25) is 0 Å². The van der Waals surface area contributed by atoms with E-state index in [-0.39, 0.29) is 12.4 Å². The summed E-state index contributed by atoms with van der Waals surface area (Å²) < 4.78 is 19.0. The molecule has 0 atom stereocenters. The summed E-state index contributed by atoms with van der Waals surface area (Å²) in [6.07, 6.45) is 0.872. The number of rotatable bonds is 2. The molecule has 2 aromatic carbocycles. The zero-order valence-electron chi connectivity index (χ0n) is 11.1. The van der Waals surface area contributed by atoms with Gasteiger partial charge in [-0.3, -0.25) is 0 Å². The molecule has 0 radical (unpaired) electrons. The first-order chi connectivity index (χ1) is 9.79. The SMILES string of the molecule is OCc1cc(F)ccc1N1CCCOc2ccccc21. The molecule has 0 saturated heterocycles. The van der Waals surface area contributed by atoms with Crippen molar-refractivity contribution < 1.29 is 14.2 Å². The molecule has 3 nitrogen and oxygen atoms in total. The molecule has 4 heteroatoms. The van der Waals surface area contributed by atoms with Crippen molar-refractivity contribution in [3.8, 4) is 5.75 Å². The van der Waals surface area contributed by atoms with Crippen LogP contribution in [0.3, 0.4) is 0 Å². The van der Waals surface area contributed by atoms with Gasteiger partial charge in [0.05, 0.1) is 18.9 Å². The zero-order valence-corrected chi connectivity index (χ0v) is 11.1. The van der Waals surface area contributed by atoms with E-state index in [9.17, 15) is 9.50 Å². The van der Waals surface area contributed by atoms with E-state index < -0.39 is 0 Å². The molecule has 0 bridgehead atoms. The van der Waals surface area contributed by atoms with Crippen LogP contribution in [0.15, 0.2) is 42.5 Å². The lowest BCUT2D eigenvalue weighted by atomic mass is 10.1. The van der Waals surface area contributed by atoms with Crippen molar-refractivity contribution in [2.24, 2.45) is 0 Å². The Hall–Kier alpha value is -2.07. The van der Waals surface area contributed by atoms with Gasteiger partial charge in [-0.25, -0.2) is 4.39 Å². The van der Waals surface area contributed by atoms with Crippen molar-refractivity contribution in [1.82, 2.24) is 0 Å². The fraction of sp³-hybridized carbons (Fsp3) is 0.250. The normalized spacial score (nSPS) is 14.4. The van der Waals surface area contributed by atoms with Gasteiger partial charge < -0.3 is 14.7 Å². The molecule has 2 aromatic rings. The van der Waals surface area contributed by atoms with E-state index in [4.69, 9.17) is 4.74 Å². The van der Waals surface area contributed by atoms with Crippen LogP contribution in [0.1, 0.15) is 12.0 Å². The van der Waals surface area contributed by atoms with Gasteiger partial charge in [-0.15, -0.1) is 0 Å². The summed E-state index contributed by atoms with van der Waals surface area (Å²) in [6.45, 7) is 1.24. The molecular weight excluding hydrogens is 257 g/mol. The maximum atomic E-state index is 13.3. The zero-order chi connectivity index (χ0) is 13.9. The van der Waals surface area contributed by atoms with Gasteiger partial charge in [-0.2, -0.15) is 0 Å². The molecule has 0 spiro atoms. The predicted molar refractivity (Wildman–Crippen MR) is 75.9 cm³/mol. The van der Waals surface area contributed by atoms with E-state index in [0.29, 0.717) is 12.2 Å². The number of benzene rings is 2. The molecule has 1 heterocycles. The third-order valence-corrected chi connectivity index (χ3v) is 3.44. The largest absolute Gasteiger partial charge is 0.491 e. The maximum Gasteiger partial charge on any atom is 0.142 e. The van der Waals surface area contributed by atoms with Gasteiger partial charge in [-0.05, 0) is 36.8 Å². The second-order valence-electron chi connectivity index (χ2n) is 4.75. The number of nitrogens with zero attached hydrogens (tertiary/aromatic N) is 1. The maximum absolute atomic E-state index is 13.3. The molecule has 0 aliphatic carbocycles. The third kappa shape index (κ3) is 2.34. The molecule has 0 unspecified atom stereocenters. The highest BCUT2D eigenvalue weighted by atomic mass is 19.1. The average Bonchev–Trinajstić information content (AvgIpc) is 2.69. The first-order valence-electron chi connectivity index (χ1n) is 6.68. The third-order valence-electron chi connectivity index (χ3n) is 3.44. The summed E-state index contributed by atoms with van der Waals surface area (Å²) in [4.78, 5) is 2.08. The highest BCUT2D eigenvalue weighted by Crippen LogP contribution is 2.37. The molecule has 3 rings (SSSR count). The van der Waals surface area contributed by atoms with Crippen LogP contribution >= 0.6 is 0 Å². The molecule has 0 fully saturated rings. The lowest BCUT2D eigenvalue weighted by Gasteiger charge is -2.26. The van der Waals surface area contributed by atoms with Crippen LogP contribution in [0.4, 0.5) is 15.8 Å². The molecule has 1 N–H and O–H groups in total. The lowest BCUT2D eigenvalue weighted by molar-refractivity contribution is 0.281. The minimum absolute atomic E-state index is 0.188. The standard InChI is InChI=1S/C16H16FNO2/c17-13-6-7-14(12(10-13)11-19)18-8-3-9-20-16-5-2-1-4-15(16)18/h1-2,4-7,10,19H,3,8-9,11H2. The summed E-state index contributed by atoms with van der Waals surface area (Å²) in [5.74, 6) is 0.482. The number of ether oxygens (including phenoxy) is 1. The molecule has 0 amide bonds. The van der Waals surface area contributed by atoms with Crippen molar-refractivity contribution in [2.45, 2.75) is 13.0 Å². The van der Waals surface area contributed by atoms with E-state index in [1.165, 1.54) is 12.1 Å². The fourth-order valence-electron chi connectivity index (χ4n) is 2.52. The molecule has 20 heavy (non-hydrogen) atoms. The van der Waals surface area contributed by atoms with Crippen LogP contribution in [0.5, 0.6) is 5.75 Å². The Morgan fingerprint density at radius 3 is 2.85 bits per heavy atom. The van der Waals surface area contributed by atoms with Gasteiger partial charge in [0.1, 0.15) is 11.6 Å². The van der Waals surface area contributed by atoms with Crippen LogP contribution in [0.2, 0.25) is 0 Å². The van der Waals surface area contributed by atoms with Crippen LogP contribution < -0.4 is 9.64 Å². The Bertz CT molecular complexity index is 615. The van der Waals surface area contributed by atoms with Crippen molar-refractivity contribution in [3.63, 3.8) is 0 Å². The molecule has 1 aliphatic rings. The monoisotopic (exact) mass is 273 g/mol. The minimum atomic E-state index is -0.336. The minimum Gasteiger partial charge on any atom is -0.491 e. The van der Waals surface area contributed by atoms with Crippen molar-refractivity contribution in [2.75, 3.05) is 18.1 Å². The fourth-order valence-corrected chi connectivity index (χ4v) is 2.52. The second-order valence-corrected chi connectivity index (χ2v) is 4.75. The summed E-state index contributed by atoms with van der Waals surface area (Å²) in [5, 5.41) is 9.47. The Labute approximate surface area is 117 Å². The second kappa shape index (κ2) is 5.51. The van der Waals surface area contributed by atoms with Crippen LogP contribution in [0.25, 0.3) is 0 Å². The highest BCUT2D eigenvalue weighted by molar-refractivity contribution is 5.71. The number of aliphatic hydroxyl groups excluding tert-OH is 1. The number of hydrogen-bond donors (Lipinski definition) is 1. The van der Waals surface area contributed by atoms with E-state index in [1.54, 1.807) is 6.07 Å². The Kier molecular flexibility index (Phi) is 3.56. The summed E-state index contributed by atoms with van der Waals surface area (Å²) in [7, 11) is 0. The number of fused-ring (bicyclic) bond motifs is 1. The van der Waals surface area contributed by atoms with Crippen molar-refractivity contribution in [3.05, 3.63) is 53.8 Å². The smallest absolute Gasteiger partial charge is 0.142 e.